The van der Waals surface area contributed by atoms with E-state index in [0.717, 1.165) is 9.87 Å². The zero-order valence-electron chi connectivity index (χ0n) is 23.3. The van der Waals surface area contributed by atoms with Crippen molar-refractivity contribution in [2.75, 3.05) is 17.4 Å². The Morgan fingerprint density at radius 2 is 1.55 bits per heavy atom. The predicted octanol–water partition coefficient (Wildman–Crippen LogP) is 6.00. The molecule has 1 unspecified atom stereocenters. The standard InChI is InChI=1S/C30H35Cl2N3O4S/c1-20(2)17-33-30(37)23(5)34(18-24-12-15-26(31)27(32)16-24)29(36)19-35(28-9-7-6-8-22(28)4)40(38,39)25-13-10-21(3)11-14-25/h6-16,20,23H,17-19H2,1-5H3,(H,33,37). The van der Waals surface area contributed by atoms with Crippen LogP contribution in [0, 0.1) is 19.8 Å². The highest BCUT2D eigenvalue weighted by Crippen LogP contribution is 2.28. The molecule has 10 heteroatoms. The second-order valence-corrected chi connectivity index (χ2v) is 12.9. The zero-order chi connectivity index (χ0) is 29.6. The van der Waals surface area contributed by atoms with E-state index in [1.54, 1.807) is 68.4 Å². The second-order valence-electron chi connectivity index (χ2n) is 10.2. The Morgan fingerprint density at radius 1 is 0.900 bits per heavy atom. The Bertz CT molecular complexity index is 1460. The van der Waals surface area contributed by atoms with Gasteiger partial charge < -0.3 is 10.2 Å². The predicted molar refractivity (Wildman–Crippen MR) is 161 cm³/mol. The van der Waals surface area contributed by atoms with Gasteiger partial charge in [0.1, 0.15) is 12.6 Å². The lowest BCUT2D eigenvalue weighted by Crippen LogP contribution is -2.51. The SMILES string of the molecule is Cc1ccc(S(=O)(=O)N(CC(=O)N(Cc2ccc(Cl)c(Cl)c2)C(C)C(=O)NCC(C)C)c2ccccc2C)cc1. The summed E-state index contributed by atoms with van der Waals surface area (Å²) >= 11 is 12.3. The molecule has 0 saturated carbocycles. The highest BCUT2D eigenvalue weighted by Gasteiger charge is 2.33. The molecule has 0 spiro atoms. The maximum absolute atomic E-state index is 14.0. The van der Waals surface area contributed by atoms with E-state index in [-0.39, 0.29) is 23.3 Å². The van der Waals surface area contributed by atoms with Gasteiger partial charge in [-0.15, -0.1) is 0 Å². The number of amides is 2. The fourth-order valence-corrected chi connectivity index (χ4v) is 5.86. The number of rotatable bonds is 11. The van der Waals surface area contributed by atoms with Gasteiger partial charge in [0.05, 0.1) is 20.6 Å². The van der Waals surface area contributed by atoms with Crippen LogP contribution in [-0.2, 0) is 26.2 Å². The van der Waals surface area contributed by atoms with Crippen molar-refractivity contribution in [3.63, 3.8) is 0 Å². The molecule has 40 heavy (non-hydrogen) atoms. The average molecular weight is 605 g/mol. The molecule has 3 aromatic carbocycles. The number of nitrogens with zero attached hydrogens (tertiary/aromatic N) is 2. The number of hydrogen-bond acceptors (Lipinski definition) is 4. The first kappa shape index (κ1) is 31.5. The summed E-state index contributed by atoms with van der Waals surface area (Å²) in [6.45, 7) is 9.17. The molecular formula is C30H35Cl2N3O4S. The molecule has 0 aliphatic heterocycles. The van der Waals surface area contributed by atoms with E-state index in [2.05, 4.69) is 5.32 Å². The lowest BCUT2D eigenvalue weighted by molar-refractivity contribution is -0.139. The molecule has 3 aromatic rings. The lowest BCUT2D eigenvalue weighted by Gasteiger charge is -2.32. The van der Waals surface area contributed by atoms with Gasteiger partial charge in [0.2, 0.25) is 11.8 Å². The summed E-state index contributed by atoms with van der Waals surface area (Å²) in [5, 5.41) is 3.54. The molecule has 0 aliphatic rings. The Hall–Kier alpha value is -3.07. The first-order chi connectivity index (χ1) is 18.8. The number of carbonyl (C=O) groups excluding carboxylic acids is 2. The first-order valence-corrected chi connectivity index (χ1v) is 15.2. The van der Waals surface area contributed by atoms with Gasteiger partial charge in [0, 0.05) is 13.1 Å². The van der Waals surface area contributed by atoms with Crippen LogP contribution in [0.2, 0.25) is 10.0 Å². The van der Waals surface area contributed by atoms with Crippen LogP contribution in [0.3, 0.4) is 0 Å². The summed E-state index contributed by atoms with van der Waals surface area (Å²) in [5.74, 6) is -0.672. The van der Waals surface area contributed by atoms with Crippen molar-refractivity contribution < 1.29 is 18.0 Å². The van der Waals surface area contributed by atoms with E-state index in [0.29, 0.717) is 33.4 Å². The van der Waals surface area contributed by atoms with Gasteiger partial charge in [-0.2, -0.15) is 0 Å². The molecule has 1 N–H and O–H groups in total. The van der Waals surface area contributed by atoms with Crippen molar-refractivity contribution in [2.45, 2.75) is 52.1 Å². The molecule has 0 heterocycles. The minimum atomic E-state index is -4.13. The van der Waals surface area contributed by atoms with Crippen molar-refractivity contribution in [3.8, 4) is 0 Å². The molecule has 7 nitrogen and oxygen atoms in total. The summed E-state index contributed by atoms with van der Waals surface area (Å²) in [6.07, 6.45) is 0. The molecule has 0 radical (unpaired) electrons. The van der Waals surface area contributed by atoms with Crippen molar-refractivity contribution in [2.24, 2.45) is 5.92 Å². The number of para-hydroxylation sites is 1. The summed E-state index contributed by atoms with van der Waals surface area (Å²) in [4.78, 5) is 28.5. The molecule has 0 fully saturated rings. The van der Waals surface area contributed by atoms with Gasteiger partial charge in [-0.3, -0.25) is 13.9 Å². The van der Waals surface area contributed by atoms with E-state index in [9.17, 15) is 18.0 Å². The summed E-state index contributed by atoms with van der Waals surface area (Å²) < 4.78 is 28.9. The molecule has 3 rings (SSSR count). The smallest absolute Gasteiger partial charge is 0.264 e. The number of nitrogens with one attached hydrogen (secondary N) is 1. The largest absolute Gasteiger partial charge is 0.354 e. The molecule has 0 aliphatic carbocycles. The maximum atomic E-state index is 14.0. The summed E-state index contributed by atoms with van der Waals surface area (Å²) in [6, 6.07) is 17.5. The average Bonchev–Trinajstić information content (AvgIpc) is 2.91. The van der Waals surface area contributed by atoms with Crippen molar-refractivity contribution in [1.82, 2.24) is 10.2 Å². The fourth-order valence-electron chi connectivity index (χ4n) is 4.06. The number of benzene rings is 3. The van der Waals surface area contributed by atoms with Crippen molar-refractivity contribution in [3.05, 3.63) is 93.5 Å². The van der Waals surface area contributed by atoms with Gasteiger partial charge in [-0.25, -0.2) is 8.42 Å². The third kappa shape index (κ3) is 7.77. The summed E-state index contributed by atoms with van der Waals surface area (Å²) in [7, 11) is -4.13. The van der Waals surface area contributed by atoms with Gasteiger partial charge in [-0.05, 0) is 68.1 Å². The van der Waals surface area contributed by atoms with Gasteiger partial charge in [0.25, 0.3) is 10.0 Å². The number of sulfonamides is 1. The Balaban J connectivity index is 2.04. The van der Waals surface area contributed by atoms with Crippen LogP contribution in [0.25, 0.3) is 0 Å². The van der Waals surface area contributed by atoms with Gasteiger partial charge in [-0.1, -0.05) is 79.0 Å². The topological polar surface area (TPSA) is 86.8 Å². The normalized spacial score (nSPS) is 12.2. The number of hydrogen-bond donors (Lipinski definition) is 1. The third-order valence-electron chi connectivity index (χ3n) is 6.46. The first-order valence-electron chi connectivity index (χ1n) is 13.0. The molecule has 214 valence electrons. The van der Waals surface area contributed by atoms with E-state index >= 15 is 0 Å². The van der Waals surface area contributed by atoms with Crippen LogP contribution in [-0.4, -0.2) is 44.3 Å². The molecule has 0 bridgehead atoms. The van der Waals surface area contributed by atoms with Gasteiger partial charge in [0.15, 0.2) is 0 Å². The minimum absolute atomic E-state index is 0.0260. The Morgan fingerprint density at radius 3 is 2.15 bits per heavy atom. The van der Waals surface area contributed by atoms with Crippen LogP contribution in [0.1, 0.15) is 37.5 Å². The van der Waals surface area contributed by atoms with Gasteiger partial charge >= 0.3 is 0 Å². The Labute approximate surface area is 247 Å². The maximum Gasteiger partial charge on any atom is 0.264 e. The number of halogens is 2. The summed E-state index contributed by atoms with van der Waals surface area (Å²) in [5.41, 5.74) is 2.62. The monoisotopic (exact) mass is 603 g/mol. The third-order valence-corrected chi connectivity index (χ3v) is 8.97. The number of carbonyl (C=O) groups is 2. The van der Waals surface area contributed by atoms with E-state index < -0.39 is 28.5 Å². The van der Waals surface area contributed by atoms with Crippen LogP contribution in [0.15, 0.2) is 71.6 Å². The lowest BCUT2D eigenvalue weighted by atomic mass is 10.1. The van der Waals surface area contributed by atoms with Crippen LogP contribution in [0.4, 0.5) is 5.69 Å². The van der Waals surface area contributed by atoms with Crippen LogP contribution >= 0.6 is 23.2 Å². The highest BCUT2D eigenvalue weighted by molar-refractivity contribution is 7.92. The van der Waals surface area contributed by atoms with Crippen LogP contribution in [0.5, 0.6) is 0 Å². The van der Waals surface area contributed by atoms with E-state index in [1.807, 2.05) is 20.8 Å². The quantitative estimate of drug-likeness (QED) is 0.291. The molecule has 1 atom stereocenters. The van der Waals surface area contributed by atoms with Crippen molar-refractivity contribution >= 4 is 50.7 Å². The number of anilines is 1. The number of aryl methyl sites for hydroxylation is 2. The highest BCUT2D eigenvalue weighted by atomic mass is 35.5. The molecule has 0 aromatic heterocycles. The van der Waals surface area contributed by atoms with Crippen LogP contribution < -0.4 is 9.62 Å². The molecule has 0 saturated heterocycles. The van der Waals surface area contributed by atoms with Crippen molar-refractivity contribution in [1.29, 1.82) is 0 Å². The zero-order valence-corrected chi connectivity index (χ0v) is 25.6. The molecular weight excluding hydrogens is 569 g/mol. The van der Waals surface area contributed by atoms with E-state index in [4.69, 9.17) is 23.2 Å². The minimum Gasteiger partial charge on any atom is -0.354 e. The molecule has 2 amide bonds. The second kappa shape index (κ2) is 13.5. The fraction of sp³-hybridized carbons (Fsp3) is 0.333. The van der Waals surface area contributed by atoms with E-state index in [1.165, 1.54) is 17.0 Å². The Kier molecular flexibility index (Phi) is 10.6.